The second-order valence-electron chi connectivity index (χ2n) is 6.89. The quantitative estimate of drug-likeness (QED) is 0.457. The molecule has 4 rings (SSSR count). The van der Waals surface area contributed by atoms with Gasteiger partial charge in [0.25, 0.3) is 0 Å². The normalized spacial score (nSPS) is 11.5. The summed E-state index contributed by atoms with van der Waals surface area (Å²) in [5.74, 6) is -0.113. The number of para-hydroxylation sites is 1. The van der Waals surface area contributed by atoms with Gasteiger partial charge in [-0.2, -0.15) is 0 Å². The lowest BCUT2D eigenvalue weighted by molar-refractivity contribution is -0.118. The van der Waals surface area contributed by atoms with Crippen LogP contribution in [0.3, 0.4) is 0 Å². The summed E-state index contributed by atoms with van der Waals surface area (Å²) in [5, 5.41) is 0.630. The third kappa shape index (κ3) is 4.55. The van der Waals surface area contributed by atoms with E-state index in [1.54, 1.807) is 29.4 Å². The van der Waals surface area contributed by atoms with Crippen molar-refractivity contribution in [2.24, 2.45) is 0 Å². The Labute approximate surface area is 178 Å². The van der Waals surface area contributed by atoms with Crippen LogP contribution in [0.2, 0.25) is 0 Å². The van der Waals surface area contributed by atoms with Crippen molar-refractivity contribution in [1.29, 1.82) is 0 Å². The number of amides is 1. The molecule has 6 nitrogen and oxygen atoms in total. The number of rotatable bonds is 6. The van der Waals surface area contributed by atoms with E-state index in [1.165, 1.54) is 23.5 Å². The highest BCUT2D eigenvalue weighted by atomic mass is 32.2. The van der Waals surface area contributed by atoms with E-state index in [2.05, 4.69) is 9.97 Å². The maximum Gasteiger partial charge on any atom is 0.233 e. The Hall–Kier alpha value is -3.10. The fourth-order valence-electron chi connectivity index (χ4n) is 3.03. The highest BCUT2D eigenvalue weighted by molar-refractivity contribution is 7.90. The summed E-state index contributed by atoms with van der Waals surface area (Å²) >= 11 is 1.47. The Balaban J connectivity index is 1.63. The predicted octanol–water partition coefficient (Wildman–Crippen LogP) is 3.87. The van der Waals surface area contributed by atoms with Crippen molar-refractivity contribution in [2.45, 2.75) is 17.9 Å². The van der Waals surface area contributed by atoms with E-state index in [9.17, 15) is 13.2 Å². The molecule has 152 valence electrons. The number of nitrogens with zero attached hydrogens (tertiary/aromatic N) is 3. The summed E-state index contributed by atoms with van der Waals surface area (Å²) in [5.41, 5.74) is 2.54. The molecule has 0 aliphatic carbocycles. The van der Waals surface area contributed by atoms with E-state index in [0.717, 1.165) is 27.6 Å². The summed E-state index contributed by atoms with van der Waals surface area (Å²) in [6, 6.07) is 17.9. The number of carbonyl (C=O) groups is 1. The number of fused-ring (bicyclic) bond motifs is 1. The molecule has 30 heavy (non-hydrogen) atoms. The van der Waals surface area contributed by atoms with Crippen molar-refractivity contribution in [3.8, 4) is 0 Å². The Morgan fingerprint density at radius 1 is 0.967 bits per heavy atom. The van der Waals surface area contributed by atoms with Gasteiger partial charge in [0.15, 0.2) is 15.0 Å². The number of aromatic nitrogens is 2. The molecule has 0 saturated heterocycles. The van der Waals surface area contributed by atoms with Crippen LogP contribution in [0.4, 0.5) is 5.13 Å². The molecule has 8 heteroatoms. The number of thiazole rings is 1. The molecule has 0 saturated carbocycles. The molecule has 2 aromatic carbocycles. The van der Waals surface area contributed by atoms with E-state index in [4.69, 9.17) is 0 Å². The van der Waals surface area contributed by atoms with Gasteiger partial charge in [-0.3, -0.25) is 14.7 Å². The third-order valence-corrected chi connectivity index (χ3v) is 6.80. The number of hydrogen-bond donors (Lipinski definition) is 0. The van der Waals surface area contributed by atoms with Crippen LogP contribution < -0.4 is 4.90 Å². The molecule has 1 amide bonds. The lowest BCUT2D eigenvalue weighted by Gasteiger charge is -2.20. The number of benzene rings is 2. The molecule has 0 spiro atoms. The average molecular weight is 438 g/mol. The molecule has 0 N–H and O–H groups in total. The lowest BCUT2D eigenvalue weighted by Crippen LogP contribution is -2.31. The molecule has 0 aliphatic rings. The van der Waals surface area contributed by atoms with Crippen LogP contribution in [0, 0.1) is 0 Å². The van der Waals surface area contributed by atoms with Crippen LogP contribution in [0.5, 0.6) is 0 Å². The number of pyridine rings is 1. The highest BCUT2D eigenvalue weighted by Gasteiger charge is 2.21. The Morgan fingerprint density at radius 2 is 1.67 bits per heavy atom. The van der Waals surface area contributed by atoms with Crippen LogP contribution in [0.1, 0.15) is 11.1 Å². The smallest absolute Gasteiger partial charge is 0.233 e. The Bertz CT molecular complexity index is 1250. The summed E-state index contributed by atoms with van der Waals surface area (Å²) in [6.45, 7) is 0.378. The molecular weight excluding hydrogens is 418 g/mol. The minimum atomic E-state index is -3.27. The van der Waals surface area contributed by atoms with Gasteiger partial charge in [0.2, 0.25) is 5.91 Å². The number of carbonyl (C=O) groups excluding carboxylic acids is 1. The first-order valence-corrected chi connectivity index (χ1v) is 11.9. The van der Waals surface area contributed by atoms with E-state index >= 15 is 0 Å². The second kappa shape index (κ2) is 8.33. The van der Waals surface area contributed by atoms with Gasteiger partial charge in [-0.25, -0.2) is 13.4 Å². The largest absolute Gasteiger partial charge is 0.283 e. The van der Waals surface area contributed by atoms with Crippen molar-refractivity contribution in [3.63, 3.8) is 0 Å². The van der Waals surface area contributed by atoms with Crippen LogP contribution >= 0.6 is 11.3 Å². The average Bonchev–Trinajstić information content (AvgIpc) is 3.16. The van der Waals surface area contributed by atoms with Gasteiger partial charge in [-0.15, -0.1) is 0 Å². The number of hydrogen-bond acceptors (Lipinski definition) is 6. The number of sulfone groups is 1. The maximum atomic E-state index is 13.2. The molecule has 0 atom stereocenters. The van der Waals surface area contributed by atoms with Gasteiger partial charge < -0.3 is 0 Å². The molecule has 2 heterocycles. The van der Waals surface area contributed by atoms with Gasteiger partial charge in [0, 0.05) is 18.6 Å². The summed E-state index contributed by atoms with van der Waals surface area (Å²) < 4.78 is 24.3. The highest BCUT2D eigenvalue weighted by Crippen LogP contribution is 2.30. The SMILES string of the molecule is CS(=O)(=O)c1ccc(CC(=O)N(Cc2ccncc2)c2nc3ccccc3s2)cc1. The zero-order valence-corrected chi connectivity index (χ0v) is 17.9. The monoisotopic (exact) mass is 437 g/mol. The molecule has 0 unspecified atom stereocenters. The summed E-state index contributed by atoms with van der Waals surface area (Å²) in [7, 11) is -3.27. The standard InChI is InChI=1S/C22H19N3O3S2/c1-30(27,28)18-8-6-16(7-9-18)14-21(26)25(15-17-10-12-23-13-11-17)22-24-19-4-2-3-5-20(19)29-22/h2-13H,14-15H2,1H3. The first-order chi connectivity index (χ1) is 14.4. The van der Waals surface area contributed by atoms with Crippen molar-refractivity contribution in [1.82, 2.24) is 9.97 Å². The Kier molecular flexibility index (Phi) is 5.61. The van der Waals surface area contributed by atoms with Crippen molar-refractivity contribution in [3.05, 3.63) is 84.2 Å². The molecule has 2 aromatic heterocycles. The summed E-state index contributed by atoms with van der Waals surface area (Å²) in [6.07, 6.45) is 4.70. The molecule has 4 aromatic rings. The second-order valence-corrected chi connectivity index (χ2v) is 9.92. The molecule has 0 aliphatic heterocycles. The number of anilines is 1. The van der Waals surface area contributed by atoms with Crippen LogP contribution in [0.15, 0.2) is 78.0 Å². The fraction of sp³-hybridized carbons (Fsp3) is 0.136. The van der Waals surface area contributed by atoms with E-state index in [-0.39, 0.29) is 17.2 Å². The topological polar surface area (TPSA) is 80.2 Å². The molecule has 0 bridgehead atoms. The van der Waals surface area contributed by atoms with Gasteiger partial charge in [0.1, 0.15) is 0 Å². The Morgan fingerprint density at radius 3 is 2.33 bits per heavy atom. The fourth-order valence-corrected chi connectivity index (χ4v) is 4.65. The maximum absolute atomic E-state index is 13.2. The van der Waals surface area contributed by atoms with Crippen LogP contribution in [-0.2, 0) is 27.6 Å². The van der Waals surface area contributed by atoms with Crippen molar-refractivity contribution >= 4 is 42.4 Å². The zero-order valence-electron chi connectivity index (χ0n) is 16.2. The summed E-state index contributed by atoms with van der Waals surface area (Å²) in [4.78, 5) is 23.8. The van der Waals surface area contributed by atoms with E-state index in [0.29, 0.717) is 11.7 Å². The minimum absolute atomic E-state index is 0.113. The van der Waals surface area contributed by atoms with Gasteiger partial charge in [0.05, 0.1) is 28.1 Å². The molecule has 0 fully saturated rings. The predicted molar refractivity (Wildman–Crippen MR) is 118 cm³/mol. The van der Waals surface area contributed by atoms with Gasteiger partial charge in [-0.05, 0) is 47.5 Å². The van der Waals surface area contributed by atoms with Crippen LogP contribution in [0.25, 0.3) is 10.2 Å². The van der Waals surface area contributed by atoms with Gasteiger partial charge >= 0.3 is 0 Å². The van der Waals surface area contributed by atoms with E-state index in [1.807, 2.05) is 36.4 Å². The van der Waals surface area contributed by atoms with Crippen LogP contribution in [-0.4, -0.2) is 30.5 Å². The lowest BCUT2D eigenvalue weighted by atomic mass is 10.1. The zero-order chi connectivity index (χ0) is 21.1. The molecular formula is C22H19N3O3S2. The van der Waals surface area contributed by atoms with Crippen molar-refractivity contribution < 1.29 is 13.2 Å². The van der Waals surface area contributed by atoms with E-state index < -0.39 is 9.84 Å². The van der Waals surface area contributed by atoms with Gasteiger partial charge in [-0.1, -0.05) is 35.6 Å². The molecule has 0 radical (unpaired) electrons. The first kappa shape index (κ1) is 20.2. The minimum Gasteiger partial charge on any atom is -0.283 e. The van der Waals surface area contributed by atoms with Crippen molar-refractivity contribution in [2.75, 3.05) is 11.2 Å². The third-order valence-electron chi connectivity index (χ3n) is 4.61. The first-order valence-electron chi connectivity index (χ1n) is 9.24.